The minimum absolute atomic E-state index is 0.0377. The number of benzene rings is 2. The summed E-state index contributed by atoms with van der Waals surface area (Å²) in [4.78, 5) is 8.56. The molecule has 12 nitrogen and oxygen atoms in total. The predicted octanol–water partition coefficient (Wildman–Crippen LogP) is 1.12. The van der Waals surface area contributed by atoms with E-state index in [1.54, 1.807) is 6.07 Å². The average Bonchev–Trinajstić information content (AvgIpc) is 2.55. The monoisotopic (exact) mass is 430 g/mol. The second-order valence-electron chi connectivity index (χ2n) is 5.25. The molecule has 0 aliphatic rings. The largest absolute Gasteiger partial charge is 0.398 e. The highest BCUT2D eigenvalue weighted by molar-refractivity contribution is 7.86. The fourth-order valence-electron chi connectivity index (χ4n) is 1.93. The molecule has 0 atom stereocenters. The molecule has 2 aromatic rings. The van der Waals surface area contributed by atoms with Crippen LogP contribution in [0.15, 0.2) is 40.1 Å². The topological polar surface area (TPSA) is 228 Å². The lowest BCUT2D eigenvalue weighted by atomic mass is 10.2. The van der Waals surface area contributed by atoms with E-state index in [4.69, 9.17) is 25.8 Å². The zero-order valence-corrected chi connectivity index (χ0v) is 15.7. The van der Waals surface area contributed by atoms with E-state index in [9.17, 15) is 26.9 Å². The van der Waals surface area contributed by atoms with Gasteiger partial charge in [0.1, 0.15) is 11.0 Å². The molecular weight excluding hydrogens is 416 g/mol. The number of nitriles is 1. The first-order valence-corrected chi connectivity index (χ1v) is 9.85. The van der Waals surface area contributed by atoms with Crippen molar-refractivity contribution in [2.24, 2.45) is 0 Å². The Morgan fingerprint density at radius 2 is 1.54 bits per heavy atom. The molecule has 6 N–H and O–H groups in total. The maximum absolute atomic E-state index is 10.9. The van der Waals surface area contributed by atoms with Crippen LogP contribution < -0.4 is 11.5 Å². The average molecular weight is 430 g/mol. The van der Waals surface area contributed by atoms with E-state index >= 15 is 0 Å². The van der Waals surface area contributed by atoms with Gasteiger partial charge in [0.15, 0.2) is 0 Å². The van der Waals surface area contributed by atoms with Crippen molar-refractivity contribution in [1.82, 2.24) is 0 Å². The van der Waals surface area contributed by atoms with Crippen LogP contribution >= 0.6 is 0 Å². The fraction of sp³-hybridized carbons (Fsp3) is 0.0714. The summed E-state index contributed by atoms with van der Waals surface area (Å²) in [7, 11) is -8.99. The van der Waals surface area contributed by atoms with Crippen molar-refractivity contribution in [3.63, 3.8) is 0 Å². The maximum Gasteiger partial charge on any atom is 0.296 e. The summed E-state index contributed by atoms with van der Waals surface area (Å²) in [5.41, 5.74) is 10.4. The summed E-state index contributed by atoms with van der Waals surface area (Å²) in [6.07, 6.45) is 0. The number of nitrogens with two attached hydrogens (primary N) is 2. The molecule has 14 heteroatoms. The first-order chi connectivity index (χ1) is 12.7. The molecule has 0 unspecified atom stereocenters. The highest BCUT2D eigenvalue weighted by Crippen LogP contribution is 2.25. The standard InChI is InChI=1S/C7H5N3O2.C7H9NO6S2/c8-4-5-3-6(10(11)12)1-2-7(5)9;1-4-2-7(16(12,13)14)5(8)3-6(4)15(9,10)11/h1-3H,9H2;2-3H,8H2,1H3,(H,9,10,11)(H,12,13,14). The Hall–Kier alpha value is -3.25. The van der Waals surface area contributed by atoms with E-state index in [0.29, 0.717) is 0 Å². The van der Waals surface area contributed by atoms with Crippen LogP contribution in [-0.2, 0) is 20.2 Å². The van der Waals surface area contributed by atoms with Crippen molar-refractivity contribution in [3.8, 4) is 6.07 Å². The second-order valence-corrected chi connectivity index (χ2v) is 8.03. The minimum Gasteiger partial charge on any atom is -0.398 e. The van der Waals surface area contributed by atoms with Gasteiger partial charge in [-0.3, -0.25) is 19.2 Å². The van der Waals surface area contributed by atoms with Gasteiger partial charge in [-0.15, -0.1) is 0 Å². The van der Waals surface area contributed by atoms with Gasteiger partial charge in [0, 0.05) is 17.8 Å². The van der Waals surface area contributed by atoms with E-state index in [1.165, 1.54) is 19.1 Å². The van der Waals surface area contributed by atoms with E-state index in [2.05, 4.69) is 0 Å². The third kappa shape index (κ3) is 5.62. The van der Waals surface area contributed by atoms with Gasteiger partial charge in [-0.25, -0.2) is 0 Å². The number of nitro benzene ring substituents is 1. The maximum atomic E-state index is 10.9. The van der Waals surface area contributed by atoms with Crippen molar-refractivity contribution >= 4 is 37.3 Å². The number of aryl methyl sites for hydroxylation is 1. The van der Waals surface area contributed by atoms with Crippen LogP contribution in [0, 0.1) is 28.4 Å². The number of nitrogens with zero attached hydrogens (tertiary/aromatic N) is 2. The van der Waals surface area contributed by atoms with Gasteiger partial charge in [-0.2, -0.15) is 22.1 Å². The number of non-ortho nitro benzene ring substituents is 1. The minimum atomic E-state index is -4.52. The highest BCUT2D eigenvalue weighted by Gasteiger charge is 2.20. The Balaban J connectivity index is 0.000000292. The Kier molecular flexibility index (Phi) is 6.66. The van der Waals surface area contributed by atoms with Gasteiger partial charge >= 0.3 is 0 Å². The summed E-state index contributed by atoms with van der Waals surface area (Å²) in [5.74, 6) is 0. The molecule has 0 saturated heterocycles. The summed E-state index contributed by atoms with van der Waals surface area (Å²) in [6, 6.07) is 7.15. The normalized spacial score (nSPS) is 11.1. The lowest BCUT2D eigenvalue weighted by Gasteiger charge is -2.07. The third-order valence-corrected chi connectivity index (χ3v) is 5.14. The molecule has 0 fully saturated rings. The number of hydrogen-bond donors (Lipinski definition) is 4. The summed E-state index contributed by atoms with van der Waals surface area (Å²) >= 11 is 0. The molecule has 0 bridgehead atoms. The van der Waals surface area contributed by atoms with E-state index in [-0.39, 0.29) is 22.5 Å². The van der Waals surface area contributed by atoms with Gasteiger partial charge in [0.2, 0.25) is 0 Å². The van der Waals surface area contributed by atoms with Crippen molar-refractivity contribution < 1.29 is 30.9 Å². The first-order valence-electron chi connectivity index (χ1n) is 6.97. The van der Waals surface area contributed by atoms with Crippen LogP contribution in [0.4, 0.5) is 17.1 Å². The van der Waals surface area contributed by atoms with Crippen molar-refractivity contribution in [1.29, 1.82) is 5.26 Å². The van der Waals surface area contributed by atoms with Crippen molar-refractivity contribution in [3.05, 3.63) is 51.6 Å². The Morgan fingerprint density at radius 3 is 1.96 bits per heavy atom. The number of hydrogen-bond acceptors (Lipinski definition) is 9. The number of nitro groups is 1. The summed E-state index contributed by atoms with van der Waals surface area (Å²) in [5, 5.41) is 18.7. The molecule has 2 aromatic carbocycles. The number of anilines is 2. The molecule has 0 heterocycles. The van der Waals surface area contributed by atoms with Crippen molar-refractivity contribution in [2.75, 3.05) is 11.5 Å². The Bertz CT molecular complexity index is 1130. The molecule has 2 rings (SSSR count). The van der Waals surface area contributed by atoms with Gasteiger partial charge in [0.25, 0.3) is 25.9 Å². The van der Waals surface area contributed by atoms with Gasteiger partial charge in [0.05, 0.1) is 21.1 Å². The van der Waals surface area contributed by atoms with Crippen LogP contribution in [0.2, 0.25) is 0 Å². The van der Waals surface area contributed by atoms with Crippen LogP contribution in [0.3, 0.4) is 0 Å². The molecule has 0 radical (unpaired) electrons. The van der Waals surface area contributed by atoms with Crippen LogP contribution in [-0.4, -0.2) is 30.9 Å². The molecule has 0 aliphatic heterocycles. The smallest absolute Gasteiger partial charge is 0.296 e. The zero-order chi connectivity index (χ0) is 21.9. The quantitative estimate of drug-likeness (QED) is 0.233. The molecule has 0 spiro atoms. The number of rotatable bonds is 3. The lowest BCUT2D eigenvalue weighted by molar-refractivity contribution is -0.384. The lowest BCUT2D eigenvalue weighted by Crippen LogP contribution is -2.08. The predicted molar refractivity (Wildman–Crippen MR) is 97.4 cm³/mol. The third-order valence-electron chi connectivity index (χ3n) is 3.23. The molecule has 0 amide bonds. The first kappa shape index (κ1) is 22.8. The van der Waals surface area contributed by atoms with E-state index in [0.717, 1.165) is 18.2 Å². The van der Waals surface area contributed by atoms with Crippen LogP contribution in [0.5, 0.6) is 0 Å². The Labute approximate surface area is 159 Å². The van der Waals surface area contributed by atoms with Gasteiger partial charge in [-0.05, 0) is 30.7 Å². The number of nitrogen functional groups attached to an aromatic ring is 2. The summed E-state index contributed by atoms with van der Waals surface area (Å²) in [6.45, 7) is 1.26. The summed E-state index contributed by atoms with van der Waals surface area (Å²) < 4.78 is 60.9. The van der Waals surface area contributed by atoms with E-state index in [1.807, 2.05) is 0 Å². The van der Waals surface area contributed by atoms with Gasteiger partial charge < -0.3 is 11.5 Å². The highest BCUT2D eigenvalue weighted by atomic mass is 32.2. The van der Waals surface area contributed by atoms with Crippen LogP contribution in [0.1, 0.15) is 11.1 Å². The fourth-order valence-corrected chi connectivity index (χ4v) is 3.36. The Morgan fingerprint density at radius 1 is 1.00 bits per heavy atom. The van der Waals surface area contributed by atoms with E-state index < -0.39 is 40.6 Å². The van der Waals surface area contributed by atoms with Crippen LogP contribution in [0.25, 0.3) is 0 Å². The molecule has 150 valence electrons. The second kappa shape index (κ2) is 8.19. The molecule has 28 heavy (non-hydrogen) atoms. The molecule has 0 saturated carbocycles. The zero-order valence-electron chi connectivity index (χ0n) is 14.1. The van der Waals surface area contributed by atoms with Crippen molar-refractivity contribution in [2.45, 2.75) is 16.7 Å². The van der Waals surface area contributed by atoms with Gasteiger partial charge in [-0.1, -0.05) is 0 Å². The SMILES string of the molecule is Cc1cc(S(=O)(=O)O)c(N)cc1S(=O)(=O)O.N#Cc1cc([N+](=O)[O-])ccc1N. The molecule has 0 aliphatic carbocycles. The molecular formula is C14H14N4O8S2. The molecule has 0 aromatic heterocycles.